The molecule has 0 aromatic heterocycles. The van der Waals surface area contributed by atoms with Crippen LogP contribution in [0.15, 0.2) is 30.3 Å². The van der Waals surface area contributed by atoms with Gasteiger partial charge in [-0.25, -0.2) is 0 Å². The van der Waals surface area contributed by atoms with E-state index in [4.69, 9.17) is 10.8 Å². The molecule has 0 saturated carbocycles. The first-order valence-electron chi connectivity index (χ1n) is 4.08. The molecule has 13 heavy (non-hydrogen) atoms. The Labute approximate surface area is 77.2 Å². The van der Waals surface area contributed by atoms with Crippen LogP contribution in [0.1, 0.15) is 18.9 Å². The molecule has 0 aliphatic carbocycles. The second-order valence-electron chi connectivity index (χ2n) is 3.35. The lowest BCUT2D eigenvalue weighted by atomic mass is 9.90. The highest BCUT2D eigenvalue weighted by Crippen LogP contribution is 2.20. The molecule has 70 valence electrons. The summed E-state index contributed by atoms with van der Waals surface area (Å²) in [6.45, 7) is 1.72. The standard InChI is InChI=1S/C10H13NO2/c1-10(11,7-9(12)13)8-5-3-2-4-6-8/h2-6H,7,11H2,1H3,(H,12,13)/t10-/m0/s1. The number of nitrogens with two attached hydrogens (primary N) is 1. The maximum absolute atomic E-state index is 10.5. The minimum absolute atomic E-state index is 0.0585. The van der Waals surface area contributed by atoms with Gasteiger partial charge < -0.3 is 10.8 Å². The smallest absolute Gasteiger partial charge is 0.305 e. The molecule has 0 heterocycles. The normalized spacial score (nSPS) is 14.9. The fourth-order valence-electron chi connectivity index (χ4n) is 1.24. The van der Waals surface area contributed by atoms with Gasteiger partial charge in [0.25, 0.3) is 0 Å². The van der Waals surface area contributed by atoms with Crippen molar-refractivity contribution in [1.29, 1.82) is 0 Å². The number of benzene rings is 1. The fraction of sp³-hybridized carbons (Fsp3) is 0.300. The lowest BCUT2D eigenvalue weighted by Gasteiger charge is -2.22. The summed E-state index contributed by atoms with van der Waals surface area (Å²) in [5.41, 5.74) is 5.92. The van der Waals surface area contributed by atoms with E-state index < -0.39 is 11.5 Å². The predicted molar refractivity (Wildman–Crippen MR) is 50.2 cm³/mol. The molecule has 0 bridgehead atoms. The average Bonchev–Trinajstić information content (AvgIpc) is 2.04. The van der Waals surface area contributed by atoms with Gasteiger partial charge in [0, 0.05) is 5.54 Å². The van der Waals surface area contributed by atoms with Crippen LogP contribution in [0.2, 0.25) is 0 Å². The lowest BCUT2D eigenvalue weighted by Crippen LogP contribution is -2.35. The van der Waals surface area contributed by atoms with Crippen LogP contribution in [0.4, 0.5) is 0 Å². The Balaban J connectivity index is 2.87. The number of carboxylic acid groups (broad SMARTS) is 1. The van der Waals surface area contributed by atoms with E-state index in [9.17, 15) is 4.79 Å². The lowest BCUT2D eigenvalue weighted by molar-refractivity contribution is -0.138. The molecule has 0 spiro atoms. The Morgan fingerprint density at radius 2 is 2.00 bits per heavy atom. The molecule has 0 radical (unpaired) electrons. The molecule has 1 atom stereocenters. The summed E-state index contributed by atoms with van der Waals surface area (Å²) in [6, 6.07) is 9.25. The van der Waals surface area contributed by atoms with Crippen LogP contribution >= 0.6 is 0 Å². The summed E-state index contributed by atoms with van der Waals surface area (Å²) >= 11 is 0. The van der Waals surface area contributed by atoms with Crippen LogP contribution in [0.25, 0.3) is 0 Å². The number of rotatable bonds is 3. The van der Waals surface area contributed by atoms with Crippen LogP contribution in [-0.2, 0) is 10.3 Å². The van der Waals surface area contributed by atoms with Gasteiger partial charge >= 0.3 is 5.97 Å². The molecule has 0 unspecified atom stereocenters. The van der Waals surface area contributed by atoms with E-state index in [2.05, 4.69) is 0 Å². The van der Waals surface area contributed by atoms with Crippen LogP contribution in [-0.4, -0.2) is 11.1 Å². The van der Waals surface area contributed by atoms with Crippen molar-refractivity contribution in [3.63, 3.8) is 0 Å². The molecule has 0 aliphatic rings. The van der Waals surface area contributed by atoms with Crippen LogP contribution < -0.4 is 5.73 Å². The van der Waals surface area contributed by atoms with Gasteiger partial charge in [-0.05, 0) is 12.5 Å². The number of aliphatic carboxylic acids is 1. The third-order valence-electron chi connectivity index (χ3n) is 1.95. The molecule has 0 amide bonds. The minimum Gasteiger partial charge on any atom is -0.481 e. The van der Waals surface area contributed by atoms with Crippen LogP contribution in [0, 0.1) is 0 Å². The Morgan fingerprint density at radius 1 is 1.46 bits per heavy atom. The Kier molecular flexibility index (Phi) is 2.68. The second-order valence-corrected chi connectivity index (χ2v) is 3.35. The minimum atomic E-state index is -0.881. The average molecular weight is 179 g/mol. The first-order valence-corrected chi connectivity index (χ1v) is 4.08. The van der Waals surface area contributed by atoms with Gasteiger partial charge in [-0.1, -0.05) is 30.3 Å². The predicted octanol–water partition coefficient (Wildman–Crippen LogP) is 1.34. The number of carboxylic acids is 1. The van der Waals surface area contributed by atoms with E-state index in [1.807, 2.05) is 30.3 Å². The SMILES string of the molecule is C[C@](N)(CC(=O)O)c1ccccc1. The van der Waals surface area contributed by atoms with Crippen LogP contribution in [0.3, 0.4) is 0 Å². The monoisotopic (exact) mass is 179 g/mol. The summed E-state index contributed by atoms with van der Waals surface area (Å²) in [6.07, 6.45) is -0.0585. The van der Waals surface area contributed by atoms with E-state index in [1.54, 1.807) is 6.92 Å². The second kappa shape index (κ2) is 3.58. The van der Waals surface area contributed by atoms with Gasteiger partial charge in [-0.3, -0.25) is 4.79 Å². The van der Waals surface area contributed by atoms with E-state index in [0.29, 0.717) is 0 Å². The summed E-state index contributed by atoms with van der Waals surface area (Å²) in [5.74, 6) is -0.881. The zero-order valence-electron chi connectivity index (χ0n) is 7.53. The topological polar surface area (TPSA) is 63.3 Å². The van der Waals surface area contributed by atoms with E-state index in [1.165, 1.54) is 0 Å². The largest absolute Gasteiger partial charge is 0.481 e. The van der Waals surface area contributed by atoms with Gasteiger partial charge in [-0.2, -0.15) is 0 Å². The van der Waals surface area contributed by atoms with Gasteiger partial charge in [0.1, 0.15) is 0 Å². The maximum Gasteiger partial charge on any atom is 0.305 e. The quantitative estimate of drug-likeness (QED) is 0.735. The molecule has 1 rings (SSSR count). The highest BCUT2D eigenvalue weighted by atomic mass is 16.4. The summed E-state index contributed by atoms with van der Waals surface area (Å²) in [5, 5.41) is 8.63. The molecule has 3 nitrogen and oxygen atoms in total. The van der Waals surface area contributed by atoms with Gasteiger partial charge in [0.15, 0.2) is 0 Å². The highest BCUT2D eigenvalue weighted by molar-refractivity contribution is 5.68. The molecule has 3 N–H and O–H groups in total. The number of hydrogen-bond acceptors (Lipinski definition) is 2. The molecular weight excluding hydrogens is 166 g/mol. The summed E-state index contributed by atoms with van der Waals surface area (Å²) in [7, 11) is 0. The number of carbonyl (C=O) groups is 1. The Hall–Kier alpha value is -1.35. The van der Waals surface area contributed by atoms with Crippen molar-refractivity contribution in [2.75, 3.05) is 0 Å². The Morgan fingerprint density at radius 3 is 2.46 bits per heavy atom. The molecule has 0 aliphatic heterocycles. The van der Waals surface area contributed by atoms with E-state index >= 15 is 0 Å². The maximum atomic E-state index is 10.5. The molecule has 0 fully saturated rings. The highest BCUT2D eigenvalue weighted by Gasteiger charge is 2.23. The van der Waals surface area contributed by atoms with Crippen molar-refractivity contribution in [3.05, 3.63) is 35.9 Å². The van der Waals surface area contributed by atoms with Gasteiger partial charge in [0.2, 0.25) is 0 Å². The Bertz CT molecular complexity index is 293. The van der Waals surface area contributed by atoms with Crippen molar-refractivity contribution >= 4 is 5.97 Å². The van der Waals surface area contributed by atoms with Gasteiger partial charge in [0.05, 0.1) is 6.42 Å². The molecule has 1 aromatic rings. The summed E-state index contributed by atoms with van der Waals surface area (Å²) < 4.78 is 0. The molecule has 1 aromatic carbocycles. The molecular formula is C10H13NO2. The van der Waals surface area contributed by atoms with Crippen molar-refractivity contribution < 1.29 is 9.90 Å². The van der Waals surface area contributed by atoms with Crippen molar-refractivity contribution in [3.8, 4) is 0 Å². The zero-order chi connectivity index (χ0) is 9.90. The number of hydrogen-bond donors (Lipinski definition) is 2. The van der Waals surface area contributed by atoms with E-state index in [0.717, 1.165) is 5.56 Å². The van der Waals surface area contributed by atoms with Crippen molar-refractivity contribution in [1.82, 2.24) is 0 Å². The first-order chi connectivity index (χ1) is 6.02. The molecule has 0 saturated heterocycles. The zero-order valence-corrected chi connectivity index (χ0v) is 7.53. The van der Waals surface area contributed by atoms with E-state index in [-0.39, 0.29) is 6.42 Å². The fourth-order valence-corrected chi connectivity index (χ4v) is 1.24. The first kappa shape index (κ1) is 9.74. The third-order valence-corrected chi connectivity index (χ3v) is 1.95. The van der Waals surface area contributed by atoms with Crippen molar-refractivity contribution in [2.45, 2.75) is 18.9 Å². The molecule has 3 heteroatoms. The van der Waals surface area contributed by atoms with Gasteiger partial charge in [-0.15, -0.1) is 0 Å². The third kappa shape index (κ3) is 2.56. The van der Waals surface area contributed by atoms with Crippen molar-refractivity contribution in [2.24, 2.45) is 5.73 Å². The van der Waals surface area contributed by atoms with Crippen LogP contribution in [0.5, 0.6) is 0 Å². The summed E-state index contributed by atoms with van der Waals surface area (Å²) in [4.78, 5) is 10.5.